The number of carboxylic acids is 2. The average molecular weight is 889 g/mol. The molecule has 0 unspecified atom stereocenters. The normalized spacial score (nSPS) is 11.4. The summed E-state index contributed by atoms with van der Waals surface area (Å²) in [7, 11) is 0. The monoisotopic (exact) mass is 889 g/mol. The molecule has 1 atom stereocenters. The lowest BCUT2D eigenvalue weighted by Crippen LogP contribution is -2.53. The van der Waals surface area contributed by atoms with E-state index < -0.39 is 24.0 Å². The standard InChI is InChI=1S/C43H80N6O13/c1-2-36(50)44-23-24-45-39(53)34-61-31-30-60-28-26-47-40(54)35-62-32-29-59-27-25-46-38(52)33-48-42(43(57)58)49-37(51)21-19-17-15-13-11-9-7-5-3-4-6-8-10-12-14-16-18-20-22-41(55)56/h42,48H,2-35H2,1H3,(H,44,50)(H,45,53)(H,46,52)(H,47,54)(H,49,51)(H,55,56)(H,57,58)/t42-/m1/s1. The summed E-state index contributed by atoms with van der Waals surface area (Å²) in [4.78, 5) is 81.2. The number of unbranched alkanes of at least 4 members (excludes halogenated alkanes) is 17. The maximum absolute atomic E-state index is 12.3. The molecule has 0 aromatic carbocycles. The van der Waals surface area contributed by atoms with Crippen LogP contribution in [0.25, 0.3) is 0 Å². The number of ether oxygens (including phenoxy) is 4. The summed E-state index contributed by atoms with van der Waals surface area (Å²) < 4.78 is 21.2. The van der Waals surface area contributed by atoms with E-state index in [0.29, 0.717) is 25.9 Å². The molecule has 0 spiro atoms. The Bertz CT molecular complexity index is 1200. The van der Waals surface area contributed by atoms with Crippen molar-refractivity contribution in [2.75, 3.05) is 85.6 Å². The van der Waals surface area contributed by atoms with Gasteiger partial charge in [-0.25, -0.2) is 4.79 Å². The van der Waals surface area contributed by atoms with Crippen molar-refractivity contribution in [3.05, 3.63) is 0 Å². The summed E-state index contributed by atoms with van der Waals surface area (Å²) in [5.41, 5.74) is 0. The molecule has 0 rings (SSSR count). The van der Waals surface area contributed by atoms with Gasteiger partial charge in [0.25, 0.3) is 0 Å². The van der Waals surface area contributed by atoms with Crippen molar-refractivity contribution in [2.45, 2.75) is 148 Å². The minimum atomic E-state index is -1.38. The molecule has 0 bridgehead atoms. The molecule has 0 aromatic rings. The summed E-state index contributed by atoms with van der Waals surface area (Å²) in [6.07, 6.45) is 20.0. The van der Waals surface area contributed by atoms with Crippen LogP contribution >= 0.6 is 0 Å². The van der Waals surface area contributed by atoms with E-state index in [9.17, 15) is 38.7 Å². The first kappa shape index (κ1) is 58.1. The van der Waals surface area contributed by atoms with Gasteiger partial charge in [-0.05, 0) is 12.8 Å². The van der Waals surface area contributed by atoms with Crippen molar-refractivity contribution in [1.82, 2.24) is 31.9 Å². The zero-order valence-electron chi connectivity index (χ0n) is 37.5. The first-order valence-electron chi connectivity index (χ1n) is 22.9. The van der Waals surface area contributed by atoms with Crippen molar-refractivity contribution < 1.29 is 62.7 Å². The molecule has 0 saturated carbocycles. The number of amides is 5. The van der Waals surface area contributed by atoms with E-state index in [1.165, 1.54) is 70.6 Å². The maximum Gasteiger partial charge on any atom is 0.341 e. The van der Waals surface area contributed by atoms with Gasteiger partial charge < -0.3 is 55.7 Å². The van der Waals surface area contributed by atoms with E-state index in [2.05, 4.69) is 31.9 Å². The second-order valence-corrected chi connectivity index (χ2v) is 15.1. The van der Waals surface area contributed by atoms with Gasteiger partial charge in [-0.3, -0.25) is 34.1 Å². The second-order valence-electron chi connectivity index (χ2n) is 15.1. The molecule has 62 heavy (non-hydrogen) atoms. The quantitative estimate of drug-likeness (QED) is 0.0323. The molecule has 360 valence electrons. The van der Waals surface area contributed by atoms with Crippen LogP contribution in [0, 0.1) is 0 Å². The Kier molecular flexibility index (Phi) is 41.0. The molecule has 0 aromatic heterocycles. The Labute approximate surface area is 369 Å². The second kappa shape index (κ2) is 43.7. The van der Waals surface area contributed by atoms with E-state index >= 15 is 0 Å². The molecule has 0 saturated heterocycles. The zero-order valence-corrected chi connectivity index (χ0v) is 37.5. The first-order chi connectivity index (χ1) is 30.0. The predicted octanol–water partition coefficient (Wildman–Crippen LogP) is 2.93. The SMILES string of the molecule is CCC(=O)NCCNC(=O)COCCOCCNC(=O)COCCOCCNC(=O)CN[C@H](NC(=O)CCCCCCCCCCCCCCCCCCCCC(=O)O)C(=O)O. The van der Waals surface area contributed by atoms with Gasteiger partial charge in [0.15, 0.2) is 6.17 Å². The van der Waals surface area contributed by atoms with Crippen molar-refractivity contribution in [2.24, 2.45) is 0 Å². The predicted molar refractivity (Wildman–Crippen MR) is 233 cm³/mol. The maximum atomic E-state index is 12.3. The number of rotatable bonds is 46. The third-order valence-electron chi connectivity index (χ3n) is 9.50. The fourth-order valence-electron chi connectivity index (χ4n) is 6.01. The topological polar surface area (TPSA) is 269 Å². The fourth-order valence-corrected chi connectivity index (χ4v) is 6.01. The molecule has 0 aliphatic heterocycles. The lowest BCUT2D eigenvalue weighted by molar-refractivity contribution is -0.143. The number of carbonyl (C=O) groups excluding carboxylic acids is 5. The highest BCUT2D eigenvalue weighted by Crippen LogP contribution is 2.15. The van der Waals surface area contributed by atoms with Gasteiger partial charge in [0.05, 0.1) is 46.2 Å². The van der Waals surface area contributed by atoms with Gasteiger partial charge in [-0.1, -0.05) is 110 Å². The smallest absolute Gasteiger partial charge is 0.341 e. The molecule has 19 nitrogen and oxygen atoms in total. The Morgan fingerprint density at radius 2 is 0.790 bits per heavy atom. The largest absolute Gasteiger partial charge is 0.481 e. The zero-order chi connectivity index (χ0) is 45.7. The van der Waals surface area contributed by atoms with Crippen molar-refractivity contribution >= 4 is 41.5 Å². The highest BCUT2D eigenvalue weighted by Gasteiger charge is 2.20. The van der Waals surface area contributed by atoms with E-state index in [1.807, 2.05) is 0 Å². The minimum absolute atomic E-state index is 0.0823. The molecular weight excluding hydrogens is 809 g/mol. The summed E-state index contributed by atoms with van der Waals surface area (Å²) in [6, 6.07) is 0. The molecule has 8 N–H and O–H groups in total. The van der Waals surface area contributed by atoms with Crippen LogP contribution in [-0.4, -0.2) is 143 Å². The van der Waals surface area contributed by atoms with Crippen LogP contribution in [0.1, 0.15) is 142 Å². The lowest BCUT2D eigenvalue weighted by Gasteiger charge is -2.16. The van der Waals surface area contributed by atoms with Gasteiger partial charge in [0, 0.05) is 45.4 Å². The number of carboxylic acid groups (broad SMARTS) is 2. The minimum Gasteiger partial charge on any atom is -0.481 e. The number of hydrogen-bond donors (Lipinski definition) is 8. The van der Waals surface area contributed by atoms with Gasteiger partial charge in [0.1, 0.15) is 13.2 Å². The Morgan fingerprint density at radius 1 is 0.419 bits per heavy atom. The highest BCUT2D eigenvalue weighted by atomic mass is 16.5. The van der Waals surface area contributed by atoms with E-state index in [1.54, 1.807) is 6.92 Å². The van der Waals surface area contributed by atoms with E-state index in [4.69, 9.17) is 24.1 Å². The number of nitrogens with one attached hydrogen (secondary N) is 6. The van der Waals surface area contributed by atoms with Gasteiger partial charge in [-0.15, -0.1) is 0 Å². The molecule has 0 aliphatic rings. The van der Waals surface area contributed by atoms with Crippen LogP contribution in [0.4, 0.5) is 0 Å². The van der Waals surface area contributed by atoms with Crippen LogP contribution in [-0.2, 0) is 52.5 Å². The van der Waals surface area contributed by atoms with Gasteiger partial charge in [0.2, 0.25) is 29.5 Å². The summed E-state index contributed by atoms with van der Waals surface area (Å²) >= 11 is 0. The summed E-state index contributed by atoms with van der Waals surface area (Å²) in [5.74, 6) is -3.54. The Balaban J connectivity index is 3.62. The Hall–Kier alpha value is -3.91. The third-order valence-corrected chi connectivity index (χ3v) is 9.50. The highest BCUT2D eigenvalue weighted by molar-refractivity contribution is 5.84. The third kappa shape index (κ3) is 42.8. The van der Waals surface area contributed by atoms with Crippen LogP contribution < -0.4 is 31.9 Å². The Morgan fingerprint density at radius 3 is 1.21 bits per heavy atom. The van der Waals surface area contributed by atoms with Crippen molar-refractivity contribution in [3.63, 3.8) is 0 Å². The molecule has 0 fully saturated rings. The molecule has 0 heterocycles. The van der Waals surface area contributed by atoms with Crippen molar-refractivity contribution in [3.8, 4) is 0 Å². The summed E-state index contributed by atoms with van der Waals surface area (Å²) in [6.45, 7) is 3.48. The van der Waals surface area contributed by atoms with Crippen LogP contribution in [0.2, 0.25) is 0 Å². The summed E-state index contributed by atoms with van der Waals surface area (Å²) in [5, 5.41) is 33.6. The van der Waals surface area contributed by atoms with E-state index in [0.717, 1.165) is 38.5 Å². The van der Waals surface area contributed by atoms with Crippen LogP contribution in [0.15, 0.2) is 0 Å². The molecule has 19 heteroatoms. The first-order valence-corrected chi connectivity index (χ1v) is 22.9. The van der Waals surface area contributed by atoms with E-state index in [-0.39, 0.29) is 109 Å². The molecule has 0 aliphatic carbocycles. The molecular formula is C43H80N6O13. The van der Waals surface area contributed by atoms with Crippen molar-refractivity contribution in [1.29, 1.82) is 0 Å². The average Bonchev–Trinajstić information content (AvgIpc) is 3.24. The lowest BCUT2D eigenvalue weighted by atomic mass is 10.0. The van der Waals surface area contributed by atoms with Gasteiger partial charge in [-0.2, -0.15) is 0 Å². The number of carbonyl (C=O) groups is 7. The van der Waals surface area contributed by atoms with Crippen LogP contribution in [0.5, 0.6) is 0 Å². The molecule has 5 amide bonds. The number of aliphatic carboxylic acids is 2. The van der Waals surface area contributed by atoms with Gasteiger partial charge >= 0.3 is 11.9 Å². The van der Waals surface area contributed by atoms with Crippen LogP contribution in [0.3, 0.4) is 0 Å². The molecule has 0 radical (unpaired) electrons. The number of hydrogen-bond acceptors (Lipinski definition) is 12. The fraction of sp³-hybridized carbons (Fsp3) is 0.837.